The Kier molecular flexibility index (Phi) is 5.29. The van der Waals surface area contributed by atoms with E-state index >= 15 is 0 Å². The van der Waals surface area contributed by atoms with Crippen LogP contribution in [0.2, 0.25) is 0 Å². The molecule has 0 atom stereocenters. The van der Waals surface area contributed by atoms with Crippen molar-refractivity contribution in [1.82, 2.24) is 15.3 Å². The van der Waals surface area contributed by atoms with E-state index < -0.39 is 17.4 Å². The van der Waals surface area contributed by atoms with Crippen molar-refractivity contribution in [2.45, 2.75) is 44.7 Å². The molecule has 30 heavy (non-hydrogen) atoms. The number of fused-ring (bicyclic) bond motifs is 1. The van der Waals surface area contributed by atoms with Crippen LogP contribution in [0.3, 0.4) is 0 Å². The van der Waals surface area contributed by atoms with Gasteiger partial charge in [0.2, 0.25) is 0 Å². The molecule has 7 heteroatoms. The number of alkyl halides is 3. The fraction of sp³-hybridized carbons (Fsp3) is 0.391. The second kappa shape index (κ2) is 7.77. The normalized spacial score (nSPS) is 15.6. The number of nitriles is 1. The molecule has 1 fully saturated rings. The molecule has 3 aromatic rings. The van der Waals surface area contributed by atoms with Crippen LogP contribution < -0.4 is 5.32 Å². The number of hydrogen-bond donors (Lipinski definition) is 2. The van der Waals surface area contributed by atoms with Gasteiger partial charge in [-0.05, 0) is 67.1 Å². The van der Waals surface area contributed by atoms with Crippen molar-refractivity contribution >= 4 is 10.9 Å². The second-order valence-electron chi connectivity index (χ2n) is 8.09. The molecule has 1 aromatic carbocycles. The molecule has 0 saturated carbocycles. The lowest BCUT2D eigenvalue weighted by Crippen LogP contribution is -2.26. The fourth-order valence-corrected chi connectivity index (χ4v) is 4.49. The molecule has 4 rings (SSSR count). The van der Waals surface area contributed by atoms with Crippen LogP contribution in [0, 0.1) is 11.3 Å². The molecule has 1 saturated heterocycles. The summed E-state index contributed by atoms with van der Waals surface area (Å²) in [6.45, 7) is 5.90. The van der Waals surface area contributed by atoms with Gasteiger partial charge in [0.05, 0.1) is 5.69 Å². The number of piperidine rings is 1. The van der Waals surface area contributed by atoms with Gasteiger partial charge < -0.3 is 10.3 Å². The van der Waals surface area contributed by atoms with Crippen LogP contribution in [0.5, 0.6) is 0 Å². The van der Waals surface area contributed by atoms with Crippen LogP contribution in [0.25, 0.3) is 22.2 Å². The lowest BCUT2D eigenvalue weighted by molar-refractivity contribution is -0.137. The van der Waals surface area contributed by atoms with E-state index in [1.807, 2.05) is 19.9 Å². The Balaban J connectivity index is 1.95. The summed E-state index contributed by atoms with van der Waals surface area (Å²) < 4.78 is 41.6. The zero-order valence-corrected chi connectivity index (χ0v) is 16.9. The van der Waals surface area contributed by atoms with E-state index in [2.05, 4.69) is 27.4 Å². The lowest BCUT2D eigenvalue weighted by Gasteiger charge is -2.23. The molecule has 2 aromatic heterocycles. The lowest BCUT2D eigenvalue weighted by atomic mass is 9.88. The summed E-state index contributed by atoms with van der Waals surface area (Å²) in [4.78, 5) is 6.86. The molecule has 4 nitrogen and oxygen atoms in total. The first-order valence-corrected chi connectivity index (χ1v) is 10.1. The van der Waals surface area contributed by atoms with Gasteiger partial charge in [-0.3, -0.25) is 0 Å². The highest BCUT2D eigenvalue weighted by atomic mass is 19.4. The SMILES string of the molecule is CC(C)c1c(-c2ccnc(C#N)c2C(F)(F)F)[nH]c2ccc(C3CCNCC3)cc12. The fourth-order valence-electron chi connectivity index (χ4n) is 4.49. The van der Waals surface area contributed by atoms with Crippen LogP contribution in [0.1, 0.15) is 60.9 Å². The summed E-state index contributed by atoms with van der Waals surface area (Å²) in [5.41, 5.74) is 1.64. The average molecular weight is 412 g/mol. The number of aromatic nitrogens is 2. The average Bonchev–Trinajstić information content (AvgIpc) is 3.12. The van der Waals surface area contributed by atoms with Crippen LogP contribution in [-0.2, 0) is 6.18 Å². The first-order chi connectivity index (χ1) is 14.3. The molecular formula is C23H23F3N4. The Morgan fingerprint density at radius 2 is 1.90 bits per heavy atom. The predicted molar refractivity (Wildman–Crippen MR) is 110 cm³/mol. The van der Waals surface area contributed by atoms with Gasteiger partial charge >= 0.3 is 6.18 Å². The Morgan fingerprint density at radius 1 is 1.17 bits per heavy atom. The standard InChI is InChI=1S/C23H23F3N4/c1-13(2)20-17-11-15(14-5-8-28-9-6-14)3-4-18(17)30-22(20)16-7-10-29-19(12-27)21(16)23(24,25)26/h3-4,7,10-11,13-14,28,30H,5-6,8-9H2,1-2H3. The van der Waals surface area contributed by atoms with Gasteiger partial charge in [-0.25, -0.2) is 4.98 Å². The van der Waals surface area contributed by atoms with E-state index in [-0.39, 0.29) is 11.5 Å². The maximum atomic E-state index is 13.9. The Labute approximate surface area is 173 Å². The van der Waals surface area contributed by atoms with Gasteiger partial charge in [0, 0.05) is 22.7 Å². The van der Waals surface area contributed by atoms with Crippen LogP contribution in [-0.4, -0.2) is 23.1 Å². The van der Waals surface area contributed by atoms with Crippen molar-refractivity contribution in [3.8, 4) is 17.3 Å². The minimum atomic E-state index is -4.68. The highest BCUT2D eigenvalue weighted by Gasteiger charge is 2.38. The number of pyridine rings is 1. The first kappa shape index (κ1) is 20.4. The van der Waals surface area contributed by atoms with Crippen LogP contribution in [0.4, 0.5) is 13.2 Å². The molecule has 2 N–H and O–H groups in total. The topological polar surface area (TPSA) is 64.5 Å². The number of nitrogens with one attached hydrogen (secondary N) is 2. The van der Waals surface area contributed by atoms with Gasteiger partial charge in [-0.2, -0.15) is 18.4 Å². The van der Waals surface area contributed by atoms with E-state index in [9.17, 15) is 18.4 Å². The highest BCUT2D eigenvalue weighted by Crippen LogP contribution is 2.43. The van der Waals surface area contributed by atoms with Crippen molar-refractivity contribution in [3.05, 3.63) is 52.8 Å². The molecule has 1 aliphatic rings. The number of aromatic amines is 1. The highest BCUT2D eigenvalue weighted by molar-refractivity contribution is 5.92. The minimum absolute atomic E-state index is 0.00296. The van der Waals surface area contributed by atoms with Crippen molar-refractivity contribution < 1.29 is 13.2 Å². The van der Waals surface area contributed by atoms with Gasteiger partial charge in [-0.1, -0.05) is 19.9 Å². The van der Waals surface area contributed by atoms with Gasteiger partial charge in [0.25, 0.3) is 0 Å². The zero-order valence-electron chi connectivity index (χ0n) is 16.9. The summed E-state index contributed by atoms with van der Waals surface area (Å²) in [6.07, 6.45) is -1.32. The largest absolute Gasteiger partial charge is 0.419 e. The summed E-state index contributed by atoms with van der Waals surface area (Å²) in [5.74, 6) is 0.447. The number of nitrogens with zero attached hydrogens (tertiary/aromatic N) is 2. The number of hydrogen-bond acceptors (Lipinski definition) is 3. The van der Waals surface area contributed by atoms with Crippen molar-refractivity contribution in [2.75, 3.05) is 13.1 Å². The molecule has 0 aliphatic carbocycles. The molecule has 0 spiro atoms. The predicted octanol–water partition coefficient (Wildman–Crippen LogP) is 5.71. The molecule has 0 radical (unpaired) electrons. The first-order valence-electron chi connectivity index (χ1n) is 10.1. The van der Waals surface area contributed by atoms with E-state index in [0.717, 1.165) is 42.4 Å². The summed E-state index contributed by atoms with van der Waals surface area (Å²) in [7, 11) is 0. The second-order valence-corrected chi connectivity index (χ2v) is 8.09. The Morgan fingerprint density at radius 3 is 2.53 bits per heavy atom. The van der Waals surface area contributed by atoms with E-state index in [1.54, 1.807) is 6.07 Å². The third kappa shape index (κ3) is 3.56. The summed E-state index contributed by atoms with van der Waals surface area (Å²) >= 11 is 0. The summed E-state index contributed by atoms with van der Waals surface area (Å²) in [5, 5.41) is 13.5. The monoisotopic (exact) mass is 412 g/mol. The molecule has 156 valence electrons. The smallest absolute Gasteiger partial charge is 0.354 e. The Hall–Kier alpha value is -2.85. The molecule has 1 aliphatic heterocycles. The molecular weight excluding hydrogens is 389 g/mol. The quantitative estimate of drug-likeness (QED) is 0.579. The van der Waals surface area contributed by atoms with E-state index in [0.29, 0.717) is 11.6 Å². The third-order valence-corrected chi connectivity index (χ3v) is 5.86. The number of rotatable bonds is 3. The van der Waals surface area contributed by atoms with Crippen LogP contribution >= 0.6 is 0 Å². The van der Waals surface area contributed by atoms with Crippen molar-refractivity contribution in [3.63, 3.8) is 0 Å². The van der Waals surface area contributed by atoms with E-state index in [4.69, 9.17) is 0 Å². The third-order valence-electron chi connectivity index (χ3n) is 5.86. The molecule has 0 unspecified atom stereocenters. The number of H-pyrrole nitrogens is 1. The van der Waals surface area contributed by atoms with Gasteiger partial charge in [0.15, 0.2) is 5.69 Å². The Bertz CT molecular complexity index is 1120. The van der Waals surface area contributed by atoms with E-state index in [1.165, 1.54) is 17.8 Å². The van der Waals surface area contributed by atoms with Gasteiger partial charge in [-0.15, -0.1) is 0 Å². The molecule has 3 heterocycles. The maximum Gasteiger partial charge on any atom is 0.419 e. The van der Waals surface area contributed by atoms with Crippen molar-refractivity contribution in [2.24, 2.45) is 0 Å². The number of benzene rings is 1. The van der Waals surface area contributed by atoms with Crippen LogP contribution in [0.15, 0.2) is 30.5 Å². The van der Waals surface area contributed by atoms with Gasteiger partial charge in [0.1, 0.15) is 11.6 Å². The van der Waals surface area contributed by atoms with Crippen molar-refractivity contribution in [1.29, 1.82) is 5.26 Å². The molecule has 0 bridgehead atoms. The minimum Gasteiger partial charge on any atom is -0.354 e. The molecule has 0 amide bonds. The zero-order chi connectivity index (χ0) is 21.5. The summed E-state index contributed by atoms with van der Waals surface area (Å²) in [6, 6.07) is 9.09. The number of halogens is 3. The maximum absolute atomic E-state index is 13.9.